The quantitative estimate of drug-likeness (QED) is 0.822. The van der Waals surface area contributed by atoms with Gasteiger partial charge in [-0.25, -0.2) is 5.01 Å². The summed E-state index contributed by atoms with van der Waals surface area (Å²) in [5.41, 5.74) is 3.47. The summed E-state index contributed by atoms with van der Waals surface area (Å²) < 4.78 is 0. The predicted molar refractivity (Wildman–Crippen MR) is 71.7 cm³/mol. The van der Waals surface area contributed by atoms with Gasteiger partial charge in [0.15, 0.2) is 5.17 Å². The van der Waals surface area contributed by atoms with Crippen LogP contribution in [0.25, 0.3) is 0 Å². The second-order valence-electron chi connectivity index (χ2n) is 5.19. The SMILES string of the molecule is CC(C)CC1CSC(NN2CCCCC2)=N1. The zero-order chi connectivity index (χ0) is 11.4. The number of rotatable bonds is 3. The standard InChI is InChI=1S/C12H23N3S/c1-10(2)8-11-9-16-12(13-11)14-15-6-4-3-5-7-15/h10-11H,3-9H2,1-2H3,(H,13,14). The Hall–Kier alpha value is -0.220. The monoisotopic (exact) mass is 241 g/mol. The third-order valence-electron chi connectivity index (χ3n) is 3.07. The Morgan fingerprint density at radius 2 is 2.12 bits per heavy atom. The molecule has 3 nitrogen and oxygen atoms in total. The second-order valence-corrected chi connectivity index (χ2v) is 6.20. The van der Waals surface area contributed by atoms with Gasteiger partial charge in [0.1, 0.15) is 0 Å². The highest BCUT2D eigenvalue weighted by Gasteiger charge is 2.21. The Morgan fingerprint density at radius 3 is 2.81 bits per heavy atom. The van der Waals surface area contributed by atoms with Crippen molar-refractivity contribution in [1.82, 2.24) is 10.4 Å². The fourth-order valence-electron chi connectivity index (χ4n) is 2.28. The van der Waals surface area contributed by atoms with E-state index in [0.29, 0.717) is 6.04 Å². The van der Waals surface area contributed by atoms with E-state index in [0.717, 1.165) is 16.8 Å². The van der Waals surface area contributed by atoms with Crippen LogP contribution in [0.3, 0.4) is 0 Å². The maximum absolute atomic E-state index is 4.75. The van der Waals surface area contributed by atoms with Crippen molar-refractivity contribution in [3.8, 4) is 0 Å². The summed E-state index contributed by atoms with van der Waals surface area (Å²) in [6.45, 7) is 6.90. The molecule has 4 heteroatoms. The smallest absolute Gasteiger partial charge is 0.171 e. The van der Waals surface area contributed by atoms with Gasteiger partial charge in [-0.05, 0) is 25.2 Å². The lowest BCUT2D eigenvalue weighted by Gasteiger charge is -2.27. The van der Waals surface area contributed by atoms with E-state index in [1.54, 1.807) is 0 Å². The summed E-state index contributed by atoms with van der Waals surface area (Å²) in [7, 11) is 0. The van der Waals surface area contributed by atoms with Gasteiger partial charge in [0.05, 0.1) is 6.04 Å². The average molecular weight is 241 g/mol. The second kappa shape index (κ2) is 5.92. The Labute approximate surface area is 103 Å². The van der Waals surface area contributed by atoms with Gasteiger partial charge < -0.3 is 0 Å². The van der Waals surface area contributed by atoms with Crippen LogP contribution in [0.15, 0.2) is 4.99 Å². The first-order valence-corrected chi connectivity index (χ1v) is 7.45. The summed E-state index contributed by atoms with van der Waals surface area (Å²) >= 11 is 1.88. The number of hydrogen-bond acceptors (Lipinski definition) is 4. The molecule has 1 saturated heterocycles. The van der Waals surface area contributed by atoms with Gasteiger partial charge in [0.2, 0.25) is 0 Å². The number of amidine groups is 1. The van der Waals surface area contributed by atoms with Crippen LogP contribution in [-0.4, -0.2) is 35.1 Å². The lowest BCUT2D eigenvalue weighted by molar-refractivity contribution is 0.196. The topological polar surface area (TPSA) is 27.6 Å². The molecular weight excluding hydrogens is 218 g/mol. The Bertz CT molecular complexity index is 247. The molecule has 2 aliphatic heterocycles. The molecule has 2 aliphatic rings. The molecule has 1 N–H and O–H groups in total. The van der Waals surface area contributed by atoms with Gasteiger partial charge in [0.25, 0.3) is 0 Å². The number of hydrazine groups is 1. The number of thioether (sulfide) groups is 1. The minimum Gasteiger partial charge on any atom is -0.298 e. The molecule has 2 rings (SSSR count). The van der Waals surface area contributed by atoms with E-state index in [4.69, 9.17) is 4.99 Å². The molecule has 1 unspecified atom stereocenters. The zero-order valence-electron chi connectivity index (χ0n) is 10.4. The molecule has 0 aromatic carbocycles. The molecule has 0 amide bonds. The molecule has 0 radical (unpaired) electrons. The number of piperidine rings is 1. The van der Waals surface area contributed by atoms with Crippen LogP contribution in [0.4, 0.5) is 0 Å². The van der Waals surface area contributed by atoms with Gasteiger partial charge in [-0.15, -0.1) is 0 Å². The molecule has 0 aromatic rings. The highest BCUT2D eigenvalue weighted by molar-refractivity contribution is 8.14. The van der Waals surface area contributed by atoms with Crippen molar-refractivity contribution in [3.05, 3.63) is 0 Å². The summed E-state index contributed by atoms with van der Waals surface area (Å²) in [5, 5.41) is 3.47. The molecular formula is C12H23N3S. The van der Waals surface area contributed by atoms with Crippen LogP contribution in [0, 0.1) is 5.92 Å². The highest BCUT2D eigenvalue weighted by atomic mass is 32.2. The lowest BCUT2D eigenvalue weighted by atomic mass is 10.1. The molecule has 0 aromatic heterocycles. The Kier molecular flexibility index (Phi) is 4.53. The molecule has 0 bridgehead atoms. The van der Waals surface area contributed by atoms with Crippen LogP contribution in [0.2, 0.25) is 0 Å². The van der Waals surface area contributed by atoms with Crippen molar-refractivity contribution in [2.24, 2.45) is 10.9 Å². The van der Waals surface area contributed by atoms with Gasteiger partial charge in [-0.1, -0.05) is 32.0 Å². The first kappa shape index (κ1) is 12.2. The Morgan fingerprint density at radius 1 is 1.38 bits per heavy atom. The number of nitrogens with one attached hydrogen (secondary N) is 1. The molecule has 16 heavy (non-hydrogen) atoms. The normalized spacial score (nSPS) is 27.2. The maximum atomic E-state index is 4.75. The molecule has 0 aliphatic carbocycles. The van der Waals surface area contributed by atoms with Crippen molar-refractivity contribution in [3.63, 3.8) is 0 Å². The van der Waals surface area contributed by atoms with Crippen molar-refractivity contribution >= 4 is 16.9 Å². The first-order chi connectivity index (χ1) is 7.74. The fraction of sp³-hybridized carbons (Fsp3) is 0.917. The highest BCUT2D eigenvalue weighted by Crippen LogP contribution is 2.22. The van der Waals surface area contributed by atoms with Crippen LogP contribution >= 0.6 is 11.8 Å². The van der Waals surface area contributed by atoms with E-state index < -0.39 is 0 Å². The first-order valence-electron chi connectivity index (χ1n) is 6.46. The lowest BCUT2D eigenvalue weighted by Crippen LogP contribution is -2.43. The molecule has 0 saturated carbocycles. The predicted octanol–water partition coefficient (Wildman–Crippen LogP) is 2.49. The minimum atomic E-state index is 0.539. The summed E-state index contributed by atoms with van der Waals surface area (Å²) in [4.78, 5) is 4.75. The maximum Gasteiger partial charge on any atom is 0.171 e. The summed E-state index contributed by atoms with van der Waals surface area (Å²) in [5.74, 6) is 1.91. The van der Waals surface area contributed by atoms with E-state index >= 15 is 0 Å². The van der Waals surface area contributed by atoms with Crippen molar-refractivity contribution in [2.75, 3.05) is 18.8 Å². The van der Waals surface area contributed by atoms with E-state index in [-0.39, 0.29) is 0 Å². The van der Waals surface area contributed by atoms with Crippen LogP contribution in [0.5, 0.6) is 0 Å². The van der Waals surface area contributed by atoms with Gasteiger partial charge in [0, 0.05) is 18.8 Å². The van der Waals surface area contributed by atoms with E-state index in [1.165, 1.54) is 38.8 Å². The van der Waals surface area contributed by atoms with Gasteiger partial charge in [-0.2, -0.15) is 0 Å². The van der Waals surface area contributed by atoms with E-state index in [9.17, 15) is 0 Å². The van der Waals surface area contributed by atoms with Crippen LogP contribution < -0.4 is 5.43 Å². The number of aliphatic imine (C=N–C) groups is 1. The largest absolute Gasteiger partial charge is 0.298 e. The van der Waals surface area contributed by atoms with E-state index in [1.807, 2.05) is 11.8 Å². The third-order valence-corrected chi connectivity index (χ3v) is 4.09. The van der Waals surface area contributed by atoms with Gasteiger partial charge >= 0.3 is 0 Å². The van der Waals surface area contributed by atoms with Gasteiger partial charge in [-0.3, -0.25) is 10.4 Å². The fourth-order valence-corrected chi connectivity index (χ4v) is 3.26. The summed E-state index contributed by atoms with van der Waals surface area (Å²) in [6, 6.07) is 0.539. The zero-order valence-corrected chi connectivity index (χ0v) is 11.2. The van der Waals surface area contributed by atoms with Crippen LogP contribution in [0.1, 0.15) is 39.5 Å². The summed E-state index contributed by atoms with van der Waals surface area (Å²) in [6.07, 6.45) is 5.24. The molecule has 0 spiro atoms. The minimum absolute atomic E-state index is 0.539. The average Bonchev–Trinajstić information content (AvgIpc) is 2.66. The molecule has 92 valence electrons. The van der Waals surface area contributed by atoms with Crippen molar-refractivity contribution in [1.29, 1.82) is 0 Å². The number of hydrogen-bond donors (Lipinski definition) is 1. The Balaban J connectivity index is 1.77. The third kappa shape index (κ3) is 3.67. The van der Waals surface area contributed by atoms with E-state index in [2.05, 4.69) is 24.3 Å². The van der Waals surface area contributed by atoms with Crippen LogP contribution in [-0.2, 0) is 0 Å². The molecule has 2 heterocycles. The van der Waals surface area contributed by atoms with Crippen molar-refractivity contribution in [2.45, 2.75) is 45.6 Å². The van der Waals surface area contributed by atoms with Crippen molar-refractivity contribution < 1.29 is 0 Å². The number of nitrogens with zero attached hydrogens (tertiary/aromatic N) is 2. The molecule has 1 fully saturated rings. The molecule has 1 atom stereocenters.